The van der Waals surface area contributed by atoms with E-state index < -0.39 is 86.8 Å². The molecule has 0 aromatic rings. The topological polar surface area (TPSA) is 228 Å². The molecule has 2 aliphatic heterocycles. The SMILES string of the molecule is CC/C=C\C/C=C\C/C=C\C/C=C\C/C=C\C/C=C\C/C=C\CCCCCCCCCCCCCC(=O)NC(COC1OC(CO)C(OC2OC(CO)C(O)C(O)C2O)C(O)C1O)C(O)/C=C/CCCCCCCCCCCCCCCCCCCC. The van der Waals surface area contributed by atoms with Gasteiger partial charge in [-0.15, -0.1) is 0 Å². The standard InChI is InChI=1S/C73H127NO13/c1-3-5-7-9-11-13-15-17-19-21-23-25-26-27-28-29-30-31-32-33-34-35-36-37-39-41-43-45-47-49-51-53-55-57-65(78)74-61(62(77)56-54-52-50-48-46-44-42-40-38-24-22-20-18-16-14-12-10-8-6-4-2)60-84-72-70(83)68(81)71(64(59-76)86-72)87-73-69(82)67(80)66(79)63(58-75)85-73/h5,7,11,13,17,19,23,25,27-28,30-31,33-34,54,56,61-64,66-73,75-77,79-83H,3-4,6,8-10,12,14-16,18,20-22,24,26,29,32,35-53,55,57-60H2,1-2H3,(H,74,78)/b7-5-,13-11-,19-17-,25-23-,28-27-,31-30-,34-33-,56-54+. The van der Waals surface area contributed by atoms with Crippen molar-refractivity contribution < 1.29 is 64.6 Å². The lowest BCUT2D eigenvalue weighted by atomic mass is 9.97. The van der Waals surface area contributed by atoms with Gasteiger partial charge in [-0.05, 0) is 77.0 Å². The van der Waals surface area contributed by atoms with Gasteiger partial charge < -0.3 is 65.1 Å². The highest BCUT2D eigenvalue weighted by atomic mass is 16.7. The first-order valence-corrected chi connectivity index (χ1v) is 35.0. The number of hydrogen-bond donors (Lipinski definition) is 9. The second-order valence-electron chi connectivity index (χ2n) is 24.3. The van der Waals surface area contributed by atoms with Crippen molar-refractivity contribution in [1.82, 2.24) is 5.32 Å². The van der Waals surface area contributed by atoms with Crippen LogP contribution in [0.25, 0.3) is 0 Å². The van der Waals surface area contributed by atoms with Gasteiger partial charge in [0.25, 0.3) is 0 Å². The summed E-state index contributed by atoms with van der Waals surface area (Å²) in [5.74, 6) is -0.244. The van der Waals surface area contributed by atoms with Gasteiger partial charge in [0, 0.05) is 6.42 Å². The molecule has 2 saturated heterocycles. The molecule has 2 rings (SSSR count). The molecular formula is C73H127NO13. The Kier molecular flexibility index (Phi) is 52.3. The zero-order valence-corrected chi connectivity index (χ0v) is 54.5. The predicted octanol–water partition coefficient (Wildman–Crippen LogP) is 14.2. The van der Waals surface area contributed by atoms with E-state index in [1.54, 1.807) is 6.08 Å². The van der Waals surface area contributed by atoms with Crippen molar-refractivity contribution in [3.8, 4) is 0 Å². The molecule has 14 heteroatoms. The first-order chi connectivity index (χ1) is 42.6. The van der Waals surface area contributed by atoms with E-state index in [0.29, 0.717) is 6.42 Å². The Morgan fingerprint density at radius 3 is 1.22 bits per heavy atom. The Hall–Kier alpha value is -3.09. The van der Waals surface area contributed by atoms with Gasteiger partial charge in [0.2, 0.25) is 5.91 Å². The van der Waals surface area contributed by atoms with Crippen molar-refractivity contribution in [3.63, 3.8) is 0 Å². The second kappa shape index (κ2) is 56.9. The Balaban J connectivity index is 1.67. The van der Waals surface area contributed by atoms with Gasteiger partial charge in [0.1, 0.15) is 48.8 Å². The summed E-state index contributed by atoms with van der Waals surface area (Å²) in [7, 11) is 0. The molecule has 14 nitrogen and oxygen atoms in total. The fourth-order valence-electron chi connectivity index (χ4n) is 11.0. The number of carbonyl (C=O) groups excluding carboxylic acids is 1. The summed E-state index contributed by atoms with van der Waals surface area (Å²) >= 11 is 0. The molecule has 1 amide bonds. The van der Waals surface area contributed by atoms with Crippen molar-refractivity contribution >= 4 is 5.91 Å². The van der Waals surface area contributed by atoms with Crippen molar-refractivity contribution in [2.45, 2.75) is 338 Å². The fourth-order valence-corrected chi connectivity index (χ4v) is 11.0. The van der Waals surface area contributed by atoms with Gasteiger partial charge in [0.15, 0.2) is 12.6 Å². The van der Waals surface area contributed by atoms with E-state index >= 15 is 0 Å². The second-order valence-corrected chi connectivity index (χ2v) is 24.3. The molecule has 0 aliphatic carbocycles. The van der Waals surface area contributed by atoms with E-state index in [4.69, 9.17) is 18.9 Å². The summed E-state index contributed by atoms with van der Waals surface area (Å²) < 4.78 is 22.8. The maximum atomic E-state index is 13.3. The quantitative estimate of drug-likeness (QED) is 0.0204. The molecular weight excluding hydrogens is 1100 g/mol. The highest BCUT2D eigenvalue weighted by molar-refractivity contribution is 5.76. The normalized spacial score (nSPS) is 23.9. The Bertz CT molecular complexity index is 1830. The van der Waals surface area contributed by atoms with E-state index in [1.807, 2.05) is 6.08 Å². The van der Waals surface area contributed by atoms with Crippen LogP contribution in [0.4, 0.5) is 0 Å². The highest BCUT2D eigenvalue weighted by Gasteiger charge is 2.51. The van der Waals surface area contributed by atoms with Gasteiger partial charge in [0.05, 0.1) is 32.0 Å². The Morgan fingerprint density at radius 2 is 0.793 bits per heavy atom. The van der Waals surface area contributed by atoms with Crippen LogP contribution < -0.4 is 5.32 Å². The van der Waals surface area contributed by atoms with Crippen molar-refractivity contribution in [3.05, 3.63) is 97.2 Å². The molecule has 12 unspecified atom stereocenters. The Morgan fingerprint density at radius 1 is 0.425 bits per heavy atom. The summed E-state index contributed by atoms with van der Waals surface area (Å²) in [6.07, 6.45) is 63.0. The largest absolute Gasteiger partial charge is 0.394 e. The molecule has 502 valence electrons. The molecule has 0 spiro atoms. The molecule has 0 aromatic carbocycles. The van der Waals surface area contributed by atoms with Crippen molar-refractivity contribution in [2.75, 3.05) is 19.8 Å². The van der Waals surface area contributed by atoms with Crippen LogP contribution in [0.5, 0.6) is 0 Å². The monoisotopic (exact) mass is 1230 g/mol. The van der Waals surface area contributed by atoms with E-state index in [0.717, 1.165) is 89.9 Å². The van der Waals surface area contributed by atoms with Crippen molar-refractivity contribution in [2.24, 2.45) is 0 Å². The smallest absolute Gasteiger partial charge is 0.220 e. The van der Waals surface area contributed by atoms with E-state index in [2.05, 4.69) is 104 Å². The number of allylic oxidation sites excluding steroid dienone is 15. The first-order valence-electron chi connectivity index (χ1n) is 35.0. The number of ether oxygens (including phenoxy) is 4. The molecule has 2 aliphatic rings. The number of aliphatic hydroxyl groups is 8. The van der Waals surface area contributed by atoms with Crippen LogP contribution in [0.2, 0.25) is 0 Å². The third-order valence-corrected chi connectivity index (χ3v) is 16.5. The minimum absolute atomic E-state index is 0.244. The zero-order chi connectivity index (χ0) is 63.1. The molecule has 2 heterocycles. The lowest BCUT2D eigenvalue weighted by molar-refractivity contribution is -0.359. The number of carbonyl (C=O) groups is 1. The summed E-state index contributed by atoms with van der Waals surface area (Å²) in [6, 6.07) is -0.923. The van der Waals surface area contributed by atoms with Gasteiger partial charge in [-0.3, -0.25) is 4.79 Å². The summed E-state index contributed by atoms with van der Waals surface area (Å²) in [6.45, 7) is 2.70. The van der Waals surface area contributed by atoms with Crippen LogP contribution in [-0.2, 0) is 23.7 Å². The summed E-state index contributed by atoms with van der Waals surface area (Å²) in [4.78, 5) is 13.3. The van der Waals surface area contributed by atoms with Crippen LogP contribution in [0, 0.1) is 0 Å². The van der Waals surface area contributed by atoms with Crippen LogP contribution >= 0.6 is 0 Å². The van der Waals surface area contributed by atoms with E-state index in [1.165, 1.54) is 148 Å². The number of aliphatic hydroxyl groups excluding tert-OH is 8. The van der Waals surface area contributed by atoms with Crippen molar-refractivity contribution in [1.29, 1.82) is 0 Å². The fraction of sp³-hybridized carbons (Fsp3) is 0.767. The maximum absolute atomic E-state index is 13.3. The number of unbranched alkanes of at least 4 members (excludes halogenated alkanes) is 29. The highest BCUT2D eigenvalue weighted by Crippen LogP contribution is 2.30. The Labute approximate surface area is 528 Å². The summed E-state index contributed by atoms with van der Waals surface area (Å²) in [5.41, 5.74) is 0. The minimum atomic E-state index is -1.79. The lowest BCUT2D eigenvalue weighted by Gasteiger charge is -2.46. The maximum Gasteiger partial charge on any atom is 0.220 e. The van der Waals surface area contributed by atoms with Gasteiger partial charge >= 0.3 is 0 Å². The average Bonchev–Trinajstić information content (AvgIpc) is 2.59. The number of amides is 1. The molecule has 12 atom stereocenters. The average molecular weight is 1230 g/mol. The molecule has 2 fully saturated rings. The molecule has 87 heavy (non-hydrogen) atoms. The first kappa shape index (κ1) is 80.0. The van der Waals surface area contributed by atoms with E-state index in [-0.39, 0.29) is 18.9 Å². The van der Waals surface area contributed by atoms with E-state index in [9.17, 15) is 45.6 Å². The minimum Gasteiger partial charge on any atom is -0.394 e. The van der Waals surface area contributed by atoms with Gasteiger partial charge in [-0.1, -0.05) is 278 Å². The van der Waals surface area contributed by atoms with Crippen LogP contribution in [0.15, 0.2) is 97.2 Å². The van der Waals surface area contributed by atoms with Gasteiger partial charge in [-0.2, -0.15) is 0 Å². The lowest BCUT2D eigenvalue weighted by Crippen LogP contribution is -2.65. The summed E-state index contributed by atoms with van der Waals surface area (Å²) in [5, 5.41) is 87.4. The number of hydrogen-bond acceptors (Lipinski definition) is 13. The molecule has 0 radical (unpaired) electrons. The number of nitrogens with one attached hydrogen (secondary N) is 1. The predicted molar refractivity (Wildman–Crippen MR) is 355 cm³/mol. The molecule has 0 saturated carbocycles. The number of rotatable bonds is 56. The van der Waals surface area contributed by atoms with Crippen LogP contribution in [-0.4, -0.2) is 140 Å². The zero-order valence-electron chi connectivity index (χ0n) is 54.5. The third-order valence-electron chi connectivity index (χ3n) is 16.5. The van der Waals surface area contributed by atoms with Gasteiger partial charge in [-0.25, -0.2) is 0 Å². The third kappa shape index (κ3) is 41.1. The molecule has 0 aromatic heterocycles. The molecule has 9 N–H and O–H groups in total. The van der Waals surface area contributed by atoms with Crippen LogP contribution in [0.3, 0.4) is 0 Å². The molecule has 0 bridgehead atoms. The van der Waals surface area contributed by atoms with Crippen LogP contribution in [0.1, 0.15) is 264 Å².